The zero-order valence-corrected chi connectivity index (χ0v) is 18.3. The smallest absolute Gasteiger partial charge is 0.191 e. The lowest BCUT2D eigenvalue weighted by atomic mass is 9.95. The minimum atomic E-state index is -0.728. The largest absolute Gasteiger partial charge is 0.497 e. The van der Waals surface area contributed by atoms with E-state index in [2.05, 4.69) is 41.2 Å². The summed E-state index contributed by atoms with van der Waals surface area (Å²) >= 11 is 2.05. The minimum Gasteiger partial charge on any atom is -0.497 e. The molecule has 7 heteroatoms. The Labute approximate surface area is 173 Å². The Kier molecular flexibility index (Phi) is 9.78. The first-order valence-corrected chi connectivity index (χ1v) is 11.2. The molecule has 0 bridgehead atoms. The van der Waals surface area contributed by atoms with E-state index in [1.165, 1.54) is 31.4 Å². The highest BCUT2D eigenvalue weighted by atomic mass is 32.2. The highest BCUT2D eigenvalue weighted by Crippen LogP contribution is 2.29. The molecule has 0 saturated heterocycles. The van der Waals surface area contributed by atoms with Gasteiger partial charge in [-0.1, -0.05) is 13.3 Å². The first-order valence-electron chi connectivity index (χ1n) is 10.2. The second-order valence-electron chi connectivity index (χ2n) is 6.97. The summed E-state index contributed by atoms with van der Waals surface area (Å²) < 4.78 is 10.6. The lowest BCUT2D eigenvalue weighted by Crippen LogP contribution is -2.46. The van der Waals surface area contributed by atoms with Gasteiger partial charge in [0.2, 0.25) is 0 Å². The van der Waals surface area contributed by atoms with Crippen LogP contribution in [0.5, 0.6) is 11.5 Å². The van der Waals surface area contributed by atoms with Crippen molar-refractivity contribution in [2.45, 2.75) is 56.9 Å². The van der Waals surface area contributed by atoms with Crippen LogP contribution in [0.25, 0.3) is 0 Å². The number of hydrogen-bond donors (Lipinski definition) is 3. The van der Waals surface area contributed by atoms with Crippen molar-refractivity contribution >= 4 is 17.7 Å². The molecule has 1 aromatic carbocycles. The Bertz CT molecular complexity index is 603. The number of nitrogens with zero attached hydrogens (tertiary/aromatic N) is 1. The SMILES string of the molecule is CCNC(=NCC(O)c1cc(OC)cc(OC)c1)NC1CCCC(SCC)C1. The van der Waals surface area contributed by atoms with Gasteiger partial charge in [0.15, 0.2) is 5.96 Å². The number of ether oxygens (including phenoxy) is 2. The summed E-state index contributed by atoms with van der Waals surface area (Å²) in [7, 11) is 3.20. The zero-order chi connectivity index (χ0) is 20.4. The van der Waals surface area contributed by atoms with Gasteiger partial charge in [0.25, 0.3) is 0 Å². The molecule has 1 fully saturated rings. The minimum absolute atomic E-state index is 0.269. The zero-order valence-electron chi connectivity index (χ0n) is 17.5. The highest BCUT2D eigenvalue weighted by Gasteiger charge is 2.22. The fourth-order valence-corrected chi connectivity index (χ4v) is 4.65. The molecule has 0 amide bonds. The highest BCUT2D eigenvalue weighted by molar-refractivity contribution is 7.99. The molecule has 3 N–H and O–H groups in total. The van der Waals surface area contributed by atoms with Crippen LogP contribution >= 0.6 is 11.8 Å². The normalized spacial score (nSPS) is 21.1. The third kappa shape index (κ3) is 7.09. The number of hydrogen-bond acceptors (Lipinski definition) is 5. The van der Waals surface area contributed by atoms with Crippen molar-refractivity contribution in [3.05, 3.63) is 23.8 Å². The maximum Gasteiger partial charge on any atom is 0.191 e. The molecule has 3 unspecified atom stereocenters. The van der Waals surface area contributed by atoms with Gasteiger partial charge < -0.3 is 25.2 Å². The quantitative estimate of drug-likeness (QED) is 0.429. The number of aliphatic hydroxyl groups is 1. The van der Waals surface area contributed by atoms with Crippen molar-refractivity contribution in [2.75, 3.05) is 33.1 Å². The van der Waals surface area contributed by atoms with Crippen LogP contribution in [0.3, 0.4) is 0 Å². The Morgan fingerprint density at radius 1 is 1.21 bits per heavy atom. The molecule has 0 radical (unpaired) electrons. The summed E-state index contributed by atoms with van der Waals surface area (Å²) in [5.41, 5.74) is 0.730. The Morgan fingerprint density at radius 2 is 1.93 bits per heavy atom. The van der Waals surface area contributed by atoms with E-state index < -0.39 is 6.10 Å². The van der Waals surface area contributed by atoms with Crippen LogP contribution in [0, 0.1) is 0 Å². The van der Waals surface area contributed by atoms with E-state index >= 15 is 0 Å². The predicted octanol–water partition coefficient (Wildman–Crippen LogP) is 3.36. The molecule has 158 valence electrons. The van der Waals surface area contributed by atoms with Crippen LogP contribution in [-0.2, 0) is 0 Å². The summed E-state index contributed by atoms with van der Waals surface area (Å²) in [6.45, 7) is 5.33. The van der Waals surface area contributed by atoms with Crippen LogP contribution in [0.4, 0.5) is 0 Å². The average Bonchev–Trinajstić information content (AvgIpc) is 2.72. The maximum absolute atomic E-state index is 10.6. The first-order chi connectivity index (χ1) is 13.6. The number of methoxy groups -OCH3 is 2. The number of thioether (sulfide) groups is 1. The molecule has 0 aliphatic heterocycles. The second kappa shape index (κ2) is 12.1. The van der Waals surface area contributed by atoms with E-state index in [1.807, 2.05) is 12.1 Å². The number of rotatable bonds is 9. The van der Waals surface area contributed by atoms with Crippen molar-refractivity contribution in [1.82, 2.24) is 10.6 Å². The average molecular weight is 410 g/mol. The van der Waals surface area contributed by atoms with Crippen molar-refractivity contribution in [3.8, 4) is 11.5 Å². The number of benzene rings is 1. The Balaban J connectivity index is 2.01. The molecule has 0 spiro atoms. The van der Waals surface area contributed by atoms with E-state index in [9.17, 15) is 5.11 Å². The van der Waals surface area contributed by atoms with Gasteiger partial charge in [0, 0.05) is 23.9 Å². The molecule has 6 nitrogen and oxygen atoms in total. The van der Waals surface area contributed by atoms with Gasteiger partial charge in [-0.25, -0.2) is 0 Å². The molecule has 3 atom stereocenters. The third-order valence-electron chi connectivity index (χ3n) is 4.89. The van der Waals surface area contributed by atoms with Crippen LogP contribution in [0.1, 0.15) is 51.2 Å². The van der Waals surface area contributed by atoms with Gasteiger partial charge in [-0.05, 0) is 49.6 Å². The fraction of sp³-hybridized carbons (Fsp3) is 0.667. The van der Waals surface area contributed by atoms with Gasteiger partial charge in [-0.2, -0.15) is 11.8 Å². The van der Waals surface area contributed by atoms with E-state index in [-0.39, 0.29) is 6.54 Å². The van der Waals surface area contributed by atoms with Crippen LogP contribution in [-0.4, -0.2) is 55.4 Å². The topological polar surface area (TPSA) is 75.1 Å². The summed E-state index contributed by atoms with van der Waals surface area (Å²) in [5.74, 6) is 3.25. The van der Waals surface area contributed by atoms with Crippen molar-refractivity contribution in [3.63, 3.8) is 0 Å². The summed E-state index contributed by atoms with van der Waals surface area (Å²) in [5, 5.41) is 18.2. The van der Waals surface area contributed by atoms with E-state index in [0.29, 0.717) is 17.5 Å². The standard InChI is InChI=1S/C21H35N3O3S/c1-5-22-21(24-16-8-7-9-19(12-16)28-6-2)23-14-20(25)15-10-17(26-3)13-18(11-15)27-4/h10-11,13,16,19-20,25H,5-9,12,14H2,1-4H3,(H2,22,23,24). The van der Waals surface area contributed by atoms with Gasteiger partial charge in [-0.3, -0.25) is 4.99 Å². The molecule has 1 aliphatic carbocycles. The van der Waals surface area contributed by atoms with Crippen molar-refractivity contribution in [2.24, 2.45) is 4.99 Å². The molecular weight excluding hydrogens is 374 g/mol. The van der Waals surface area contributed by atoms with E-state index in [4.69, 9.17) is 9.47 Å². The van der Waals surface area contributed by atoms with Gasteiger partial charge in [0.1, 0.15) is 11.5 Å². The van der Waals surface area contributed by atoms with Crippen LogP contribution in [0.2, 0.25) is 0 Å². The van der Waals surface area contributed by atoms with E-state index in [1.54, 1.807) is 20.3 Å². The number of guanidine groups is 1. The molecule has 28 heavy (non-hydrogen) atoms. The van der Waals surface area contributed by atoms with Crippen LogP contribution < -0.4 is 20.1 Å². The van der Waals surface area contributed by atoms with E-state index in [0.717, 1.165) is 23.3 Å². The van der Waals surface area contributed by atoms with Gasteiger partial charge >= 0.3 is 0 Å². The Morgan fingerprint density at radius 3 is 2.54 bits per heavy atom. The summed E-state index contributed by atoms with van der Waals surface area (Å²) in [4.78, 5) is 4.62. The Hall–Kier alpha value is -1.60. The van der Waals surface area contributed by atoms with Crippen LogP contribution in [0.15, 0.2) is 23.2 Å². The summed E-state index contributed by atoms with van der Waals surface area (Å²) in [6, 6.07) is 5.86. The van der Waals surface area contributed by atoms with Crippen molar-refractivity contribution in [1.29, 1.82) is 0 Å². The van der Waals surface area contributed by atoms with Gasteiger partial charge in [0.05, 0.1) is 26.9 Å². The number of aliphatic imine (C=N–C) groups is 1. The fourth-order valence-electron chi connectivity index (χ4n) is 3.48. The number of nitrogens with one attached hydrogen (secondary N) is 2. The monoisotopic (exact) mass is 409 g/mol. The molecule has 0 heterocycles. The van der Waals surface area contributed by atoms with Crippen molar-refractivity contribution < 1.29 is 14.6 Å². The maximum atomic E-state index is 10.6. The summed E-state index contributed by atoms with van der Waals surface area (Å²) in [6.07, 6.45) is 4.16. The molecular formula is C21H35N3O3S. The number of aliphatic hydroxyl groups excluding tert-OH is 1. The third-order valence-corrected chi connectivity index (χ3v) is 6.13. The molecule has 0 aromatic heterocycles. The molecule has 1 aromatic rings. The first kappa shape index (κ1) is 22.7. The lowest BCUT2D eigenvalue weighted by Gasteiger charge is -2.30. The van der Waals surface area contributed by atoms with Gasteiger partial charge in [-0.15, -0.1) is 0 Å². The molecule has 1 aliphatic rings. The second-order valence-corrected chi connectivity index (χ2v) is 8.54. The molecule has 2 rings (SSSR count). The lowest BCUT2D eigenvalue weighted by molar-refractivity contribution is 0.186. The predicted molar refractivity (Wildman–Crippen MR) is 118 cm³/mol. The molecule has 1 saturated carbocycles.